The zero-order valence-corrected chi connectivity index (χ0v) is 12.3. The zero-order chi connectivity index (χ0) is 14.5. The molecule has 0 fully saturated rings. The highest BCUT2D eigenvalue weighted by Crippen LogP contribution is 2.17. The zero-order valence-electron chi connectivity index (χ0n) is 10.7. The molecule has 8 nitrogen and oxygen atoms in total. The number of nitrogens with zero attached hydrogens (tertiary/aromatic N) is 4. The molecule has 0 atom stereocenters. The highest BCUT2D eigenvalue weighted by atomic mass is 35.5. The van der Waals surface area contributed by atoms with Gasteiger partial charge in [-0.05, 0) is 11.6 Å². The number of aromatic hydroxyl groups is 1. The smallest absolute Gasteiger partial charge is 0.306 e. The number of aromatic nitrogens is 4. The number of imidazole rings is 1. The second-order valence-corrected chi connectivity index (χ2v) is 4.30. The molecule has 0 aliphatic rings. The van der Waals surface area contributed by atoms with Gasteiger partial charge in [0, 0.05) is 6.42 Å². The molecule has 2 heterocycles. The van der Waals surface area contributed by atoms with Crippen molar-refractivity contribution in [2.45, 2.75) is 19.4 Å². The van der Waals surface area contributed by atoms with E-state index in [1.807, 2.05) is 0 Å². The Bertz CT molecular complexity index is 646. The van der Waals surface area contributed by atoms with E-state index in [4.69, 9.17) is 16.3 Å². The van der Waals surface area contributed by atoms with E-state index in [1.165, 1.54) is 12.7 Å². The van der Waals surface area contributed by atoms with Crippen molar-refractivity contribution in [3.05, 3.63) is 12.7 Å². The number of ether oxygens (including phenoxy) is 1. The van der Waals surface area contributed by atoms with Crippen molar-refractivity contribution in [2.75, 3.05) is 6.61 Å². The van der Waals surface area contributed by atoms with Crippen molar-refractivity contribution in [1.29, 1.82) is 0 Å². The molecule has 10 heteroatoms. The predicted octanol–water partition coefficient (Wildman–Crippen LogP) is 1.04. The van der Waals surface area contributed by atoms with Crippen LogP contribution in [-0.2, 0) is 20.9 Å². The van der Waals surface area contributed by atoms with Gasteiger partial charge >= 0.3 is 5.97 Å². The van der Waals surface area contributed by atoms with E-state index in [2.05, 4.69) is 15.0 Å². The molecule has 2 aromatic rings. The van der Waals surface area contributed by atoms with Crippen molar-refractivity contribution in [1.82, 2.24) is 19.5 Å². The number of fused-ring (bicyclic) bond motifs is 1. The number of rotatable bonds is 6. The van der Waals surface area contributed by atoms with Crippen LogP contribution < -0.4 is 0 Å². The van der Waals surface area contributed by atoms with Crippen molar-refractivity contribution < 1.29 is 19.4 Å². The van der Waals surface area contributed by atoms with Gasteiger partial charge in [-0.1, -0.05) is 0 Å². The minimum atomic E-state index is -0.574. The first kappa shape index (κ1) is 17.1. The first-order valence-electron chi connectivity index (χ1n) is 5.76. The van der Waals surface area contributed by atoms with E-state index in [-0.39, 0.29) is 43.3 Å². The van der Waals surface area contributed by atoms with Crippen LogP contribution in [0.2, 0.25) is 0 Å². The van der Waals surface area contributed by atoms with Crippen molar-refractivity contribution in [3.8, 4) is 5.88 Å². The van der Waals surface area contributed by atoms with E-state index in [0.717, 1.165) is 0 Å². The van der Waals surface area contributed by atoms with Gasteiger partial charge in [-0.15, -0.1) is 12.4 Å². The molecule has 0 spiro atoms. The monoisotopic (exact) mass is 334 g/mol. The fourth-order valence-corrected chi connectivity index (χ4v) is 1.66. The summed E-state index contributed by atoms with van der Waals surface area (Å²) >= 11 is 5.12. The molecule has 0 saturated heterocycles. The number of hydrogen-bond donors (Lipinski definition) is 1. The Hall–Kier alpha value is -1.93. The van der Waals surface area contributed by atoms with E-state index in [0.29, 0.717) is 12.2 Å². The summed E-state index contributed by atoms with van der Waals surface area (Å²) in [5.74, 6) is -0.702. The predicted molar refractivity (Wildman–Crippen MR) is 75.3 cm³/mol. The van der Waals surface area contributed by atoms with Gasteiger partial charge in [0.2, 0.25) is 11.1 Å². The third-order valence-corrected chi connectivity index (χ3v) is 2.69. The summed E-state index contributed by atoms with van der Waals surface area (Å²) in [5.41, 5.74) is 0.732. The maximum Gasteiger partial charge on any atom is 0.306 e. The van der Waals surface area contributed by atoms with Crippen LogP contribution in [0.4, 0.5) is 0 Å². The summed E-state index contributed by atoms with van der Waals surface area (Å²) in [6.45, 7) is 0.430. The minimum absolute atomic E-state index is 0. The Balaban J connectivity index is 0.00000220. The van der Waals surface area contributed by atoms with Crippen molar-refractivity contribution in [3.63, 3.8) is 0 Å². The standard InChI is InChI=1S/C11H11ClN4O4.ClH/c12-7(17)1-2-8(18)20-4-3-16-6-15-9-10(16)13-5-14-11(9)19;/h5-6H,1-4H2,(H,13,14,19);1H. The van der Waals surface area contributed by atoms with Gasteiger partial charge in [0.1, 0.15) is 12.9 Å². The Morgan fingerprint density at radius 2 is 2.05 bits per heavy atom. The average Bonchev–Trinajstić information content (AvgIpc) is 2.81. The molecule has 0 saturated carbocycles. The van der Waals surface area contributed by atoms with Gasteiger partial charge in [-0.3, -0.25) is 9.59 Å². The maximum absolute atomic E-state index is 11.3. The molecule has 2 aromatic heterocycles. The minimum Gasteiger partial charge on any atom is -0.492 e. The number of carbonyl (C=O) groups is 2. The second-order valence-electron chi connectivity index (χ2n) is 3.88. The molecular weight excluding hydrogens is 323 g/mol. The fourth-order valence-electron chi connectivity index (χ4n) is 1.56. The van der Waals surface area contributed by atoms with E-state index < -0.39 is 11.2 Å². The third-order valence-electron chi connectivity index (χ3n) is 2.50. The molecular formula is C11H12Cl2N4O4. The van der Waals surface area contributed by atoms with Gasteiger partial charge in [0.15, 0.2) is 11.2 Å². The molecule has 1 N–H and O–H groups in total. The summed E-state index contributed by atoms with van der Waals surface area (Å²) in [5, 5.41) is 8.89. The van der Waals surface area contributed by atoms with Gasteiger partial charge in [0.05, 0.1) is 19.3 Å². The summed E-state index contributed by atoms with van der Waals surface area (Å²) in [4.78, 5) is 33.3. The van der Waals surface area contributed by atoms with Gasteiger partial charge in [-0.2, -0.15) is 4.98 Å². The Morgan fingerprint density at radius 1 is 1.29 bits per heavy atom. The quantitative estimate of drug-likeness (QED) is 0.621. The van der Waals surface area contributed by atoms with E-state index in [1.54, 1.807) is 4.57 Å². The number of esters is 1. The van der Waals surface area contributed by atoms with Crippen LogP contribution in [0.3, 0.4) is 0 Å². The number of halogens is 2. The average molecular weight is 335 g/mol. The molecule has 0 aliphatic heterocycles. The summed E-state index contributed by atoms with van der Waals surface area (Å²) < 4.78 is 6.56. The molecule has 0 amide bonds. The molecule has 114 valence electrons. The summed E-state index contributed by atoms with van der Waals surface area (Å²) in [7, 11) is 0. The van der Waals surface area contributed by atoms with E-state index >= 15 is 0 Å². The topological polar surface area (TPSA) is 107 Å². The first-order valence-corrected chi connectivity index (χ1v) is 6.14. The lowest BCUT2D eigenvalue weighted by molar-refractivity contribution is -0.144. The van der Waals surface area contributed by atoms with Crippen molar-refractivity contribution >= 4 is 46.4 Å². The molecule has 21 heavy (non-hydrogen) atoms. The normalized spacial score (nSPS) is 10.1. The molecule has 0 radical (unpaired) electrons. The van der Waals surface area contributed by atoms with Crippen LogP contribution in [-0.4, -0.2) is 42.4 Å². The van der Waals surface area contributed by atoms with Crippen LogP contribution in [0.15, 0.2) is 12.7 Å². The van der Waals surface area contributed by atoms with Gasteiger partial charge in [0.25, 0.3) is 0 Å². The summed E-state index contributed by atoms with van der Waals surface area (Å²) in [6.07, 6.45) is 2.59. The molecule has 0 aromatic carbocycles. The molecule has 0 bridgehead atoms. The lowest BCUT2D eigenvalue weighted by atomic mass is 10.3. The van der Waals surface area contributed by atoms with Crippen molar-refractivity contribution in [2.24, 2.45) is 0 Å². The Kier molecular flexibility index (Phi) is 6.32. The lowest BCUT2D eigenvalue weighted by Gasteiger charge is -2.05. The molecule has 0 aliphatic carbocycles. The van der Waals surface area contributed by atoms with Gasteiger partial charge < -0.3 is 14.4 Å². The largest absolute Gasteiger partial charge is 0.492 e. The second kappa shape index (κ2) is 7.75. The molecule has 0 unspecified atom stereocenters. The highest BCUT2D eigenvalue weighted by molar-refractivity contribution is 6.63. The lowest BCUT2D eigenvalue weighted by Crippen LogP contribution is -2.11. The van der Waals surface area contributed by atoms with E-state index in [9.17, 15) is 14.7 Å². The highest BCUT2D eigenvalue weighted by Gasteiger charge is 2.10. The fraction of sp³-hybridized carbons (Fsp3) is 0.364. The van der Waals surface area contributed by atoms with Crippen LogP contribution in [0.1, 0.15) is 12.8 Å². The number of carbonyl (C=O) groups excluding carboxylic acids is 2. The maximum atomic E-state index is 11.3. The third kappa shape index (κ3) is 4.54. The van der Waals surface area contributed by atoms with Gasteiger partial charge in [-0.25, -0.2) is 9.97 Å². The summed E-state index contributed by atoms with van der Waals surface area (Å²) in [6, 6.07) is 0. The van der Waals surface area contributed by atoms with Crippen LogP contribution in [0.5, 0.6) is 5.88 Å². The Labute approximate surface area is 130 Å². The number of hydrogen-bond acceptors (Lipinski definition) is 7. The van der Waals surface area contributed by atoms with Crippen LogP contribution >= 0.6 is 24.0 Å². The van der Waals surface area contributed by atoms with Crippen LogP contribution in [0.25, 0.3) is 11.2 Å². The SMILES string of the molecule is Cl.O=C(Cl)CCC(=O)OCCn1cnc2c(O)ncnc21. The van der Waals surface area contributed by atoms with Crippen LogP contribution in [0, 0.1) is 0 Å². The Morgan fingerprint density at radius 3 is 2.76 bits per heavy atom. The molecule has 2 rings (SSSR count). The first-order chi connectivity index (χ1) is 9.58.